The molecule has 1 aliphatic rings. The van der Waals surface area contributed by atoms with Crippen molar-refractivity contribution in [2.75, 3.05) is 5.32 Å². The van der Waals surface area contributed by atoms with Gasteiger partial charge < -0.3 is 5.32 Å². The van der Waals surface area contributed by atoms with E-state index in [-0.39, 0.29) is 10.9 Å². The first-order chi connectivity index (χ1) is 5.62. The minimum Gasteiger partial charge on any atom is -0.368 e. The van der Waals surface area contributed by atoms with Gasteiger partial charge in [-0.05, 0) is 6.07 Å². The molecule has 1 atom stereocenters. The average molecular weight is 183 g/mol. The highest BCUT2D eigenvalue weighted by molar-refractivity contribution is 6.23. The van der Waals surface area contributed by atoms with Gasteiger partial charge in [-0.25, -0.2) is 0 Å². The van der Waals surface area contributed by atoms with Gasteiger partial charge in [0.25, 0.3) is 0 Å². The number of aromatic nitrogens is 1. The molecule has 0 radical (unpaired) electrons. The van der Waals surface area contributed by atoms with Crippen LogP contribution in [0.15, 0.2) is 18.5 Å². The van der Waals surface area contributed by atoms with Gasteiger partial charge in [0.2, 0.25) is 0 Å². The fraction of sp³-hybridized carbons (Fsp3) is 0.444. The Morgan fingerprint density at radius 3 is 3.00 bits per heavy atom. The van der Waals surface area contributed by atoms with Crippen LogP contribution in [0, 0.1) is 0 Å². The van der Waals surface area contributed by atoms with Crippen LogP contribution in [0.2, 0.25) is 0 Å². The van der Waals surface area contributed by atoms with Gasteiger partial charge in [0, 0.05) is 29.1 Å². The summed E-state index contributed by atoms with van der Waals surface area (Å²) in [5.41, 5.74) is 2.25. The van der Waals surface area contributed by atoms with Gasteiger partial charge in [-0.3, -0.25) is 4.98 Å². The van der Waals surface area contributed by atoms with Crippen molar-refractivity contribution in [1.29, 1.82) is 0 Å². The van der Waals surface area contributed by atoms with Crippen molar-refractivity contribution in [2.45, 2.75) is 24.8 Å². The first-order valence-electron chi connectivity index (χ1n) is 3.97. The van der Waals surface area contributed by atoms with Crippen LogP contribution in [0.5, 0.6) is 0 Å². The first-order valence-corrected chi connectivity index (χ1v) is 4.41. The number of anilines is 1. The van der Waals surface area contributed by atoms with Crippen molar-refractivity contribution < 1.29 is 0 Å². The molecule has 0 saturated heterocycles. The van der Waals surface area contributed by atoms with E-state index < -0.39 is 0 Å². The maximum Gasteiger partial charge on any atom is 0.111 e. The molecule has 0 bridgehead atoms. The van der Waals surface area contributed by atoms with Gasteiger partial charge in [-0.15, -0.1) is 0 Å². The maximum atomic E-state index is 6.13. The van der Waals surface area contributed by atoms with Crippen LogP contribution in [-0.4, -0.2) is 10.5 Å². The number of nitrogens with one attached hydrogen (secondary N) is 1. The van der Waals surface area contributed by atoms with Crippen LogP contribution in [0.25, 0.3) is 0 Å². The zero-order chi connectivity index (χ0) is 8.77. The summed E-state index contributed by atoms with van der Waals surface area (Å²) in [7, 11) is 0. The van der Waals surface area contributed by atoms with E-state index in [4.69, 9.17) is 11.6 Å². The molecule has 12 heavy (non-hydrogen) atoms. The Balaban J connectivity index is 2.55. The number of rotatable bonds is 0. The molecule has 1 N–H and O–H groups in total. The van der Waals surface area contributed by atoms with Crippen molar-refractivity contribution in [3.8, 4) is 0 Å². The first kappa shape index (κ1) is 7.87. The van der Waals surface area contributed by atoms with Crippen molar-refractivity contribution >= 4 is 17.3 Å². The van der Waals surface area contributed by atoms with Crippen LogP contribution in [0.4, 0.5) is 5.69 Å². The number of fused-ring (bicyclic) bond motifs is 1. The summed E-state index contributed by atoms with van der Waals surface area (Å²) in [4.78, 5) is 4.09. The van der Waals surface area contributed by atoms with E-state index in [1.165, 1.54) is 5.56 Å². The Kier molecular flexibility index (Phi) is 1.55. The minimum absolute atomic E-state index is 0.0227. The van der Waals surface area contributed by atoms with Crippen LogP contribution in [0.3, 0.4) is 0 Å². The fourth-order valence-corrected chi connectivity index (χ4v) is 1.72. The van der Waals surface area contributed by atoms with Crippen molar-refractivity contribution in [3.63, 3.8) is 0 Å². The lowest BCUT2D eigenvalue weighted by molar-refractivity contribution is 0.549. The third kappa shape index (κ3) is 0.911. The molecule has 0 aromatic carbocycles. The average Bonchev–Trinajstić information content (AvgIpc) is 2.25. The molecule has 2 nitrogen and oxygen atoms in total. The van der Waals surface area contributed by atoms with E-state index in [0.717, 1.165) is 5.69 Å². The molecular formula is C9H11ClN2. The van der Waals surface area contributed by atoms with E-state index >= 15 is 0 Å². The molecule has 1 unspecified atom stereocenters. The number of halogens is 1. The van der Waals surface area contributed by atoms with Gasteiger partial charge in [-0.1, -0.05) is 25.4 Å². The second kappa shape index (κ2) is 2.36. The summed E-state index contributed by atoms with van der Waals surface area (Å²) >= 11 is 6.13. The van der Waals surface area contributed by atoms with Gasteiger partial charge in [0.1, 0.15) is 5.50 Å². The number of pyridine rings is 1. The SMILES string of the molecule is CC1(C)c2cnccc2NC1Cl. The van der Waals surface area contributed by atoms with Crippen LogP contribution >= 0.6 is 11.6 Å². The third-order valence-electron chi connectivity index (χ3n) is 2.43. The predicted molar refractivity (Wildman–Crippen MR) is 50.5 cm³/mol. The molecule has 3 heteroatoms. The molecule has 1 aromatic rings. The highest BCUT2D eigenvalue weighted by Gasteiger charge is 2.37. The van der Waals surface area contributed by atoms with Crippen molar-refractivity contribution in [3.05, 3.63) is 24.0 Å². The third-order valence-corrected chi connectivity index (χ3v) is 3.09. The normalized spacial score (nSPS) is 24.8. The Bertz CT molecular complexity index is 309. The monoisotopic (exact) mass is 182 g/mol. The maximum absolute atomic E-state index is 6.13. The van der Waals surface area contributed by atoms with Gasteiger partial charge in [-0.2, -0.15) is 0 Å². The number of hydrogen-bond donors (Lipinski definition) is 1. The zero-order valence-corrected chi connectivity index (χ0v) is 7.89. The number of hydrogen-bond acceptors (Lipinski definition) is 2. The minimum atomic E-state index is -0.0308. The van der Waals surface area contributed by atoms with E-state index in [1.54, 1.807) is 6.20 Å². The quantitative estimate of drug-likeness (QED) is 0.492. The molecule has 1 aliphatic heterocycles. The lowest BCUT2D eigenvalue weighted by Gasteiger charge is -2.21. The van der Waals surface area contributed by atoms with E-state index in [0.29, 0.717) is 0 Å². The smallest absolute Gasteiger partial charge is 0.111 e. The highest BCUT2D eigenvalue weighted by Crippen LogP contribution is 2.41. The Morgan fingerprint density at radius 2 is 2.33 bits per heavy atom. The van der Waals surface area contributed by atoms with E-state index in [9.17, 15) is 0 Å². The molecule has 1 aromatic heterocycles. The summed E-state index contributed by atoms with van der Waals surface area (Å²) in [5, 5.41) is 3.21. The molecule has 64 valence electrons. The standard InChI is InChI=1S/C9H11ClN2/c1-9(2)6-5-11-4-3-7(6)12-8(9)10/h3-5,8,12H,1-2H3. The van der Waals surface area contributed by atoms with Gasteiger partial charge in [0.15, 0.2) is 0 Å². The van der Waals surface area contributed by atoms with Gasteiger partial charge >= 0.3 is 0 Å². The molecular weight excluding hydrogens is 172 g/mol. The molecule has 0 aliphatic carbocycles. The number of alkyl halides is 1. The second-order valence-electron chi connectivity index (χ2n) is 3.65. The van der Waals surface area contributed by atoms with E-state index in [2.05, 4.69) is 24.1 Å². The summed E-state index contributed by atoms with van der Waals surface area (Å²) in [5.74, 6) is 0. The topological polar surface area (TPSA) is 24.9 Å². The second-order valence-corrected chi connectivity index (χ2v) is 4.09. The largest absolute Gasteiger partial charge is 0.368 e. The molecule has 0 spiro atoms. The summed E-state index contributed by atoms with van der Waals surface area (Å²) in [6.07, 6.45) is 3.65. The molecule has 0 fully saturated rings. The Morgan fingerprint density at radius 1 is 1.58 bits per heavy atom. The molecule has 2 rings (SSSR count). The van der Waals surface area contributed by atoms with E-state index in [1.807, 2.05) is 12.3 Å². The molecule has 0 saturated carbocycles. The zero-order valence-electron chi connectivity index (χ0n) is 7.13. The van der Waals surface area contributed by atoms with Crippen LogP contribution in [0.1, 0.15) is 19.4 Å². The summed E-state index contributed by atoms with van der Waals surface area (Å²) in [6.45, 7) is 4.23. The van der Waals surface area contributed by atoms with Crippen LogP contribution < -0.4 is 5.32 Å². The van der Waals surface area contributed by atoms with Crippen molar-refractivity contribution in [2.24, 2.45) is 0 Å². The van der Waals surface area contributed by atoms with Crippen molar-refractivity contribution in [1.82, 2.24) is 4.98 Å². The number of nitrogens with zero attached hydrogens (tertiary/aromatic N) is 1. The molecule has 0 amide bonds. The predicted octanol–water partition coefficient (Wildman–Crippen LogP) is 2.35. The molecule has 2 heterocycles. The Hall–Kier alpha value is -0.760. The highest BCUT2D eigenvalue weighted by atomic mass is 35.5. The lowest BCUT2D eigenvalue weighted by atomic mass is 9.88. The fourth-order valence-electron chi connectivity index (χ4n) is 1.49. The van der Waals surface area contributed by atoms with Crippen LogP contribution in [-0.2, 0) is 5.41 Å². The lowest BCUT2D eigenvalue weighted by Crippen LogP contribution is -2.27. The Labute approximate surface area is 77.0 Å². The van der Waals surface area contributed by atoms with Gasteiger partial charge in [0.05, 0.1) is 0 Å². The summed E-state index contributed by atoms with van der Waals surface area (Å²) in [6, 6.07) is 1.96. The summed E-state index contributed by atoms with van der Waals surface area (Å²) < 4.78 is 0.